The number of furan rings is 1. The lowest BCUT2D eigenvalue weighted by Gasteiger charge is -2.02. The first-order valence-electron chi connectivity index (χ1n) is 6.81. The lowest BCUT2D eigenvalue weighted by Crippen LogP contribution is -2.15. The van der Waals surface area contributed by atoms with Gasteiger partial charge in [0.2, 0.25) is 0 Å². The molecule has 0 atom stereocenters. The summed E-state index contributed by atoms with van der Waals surface area (Å²) in [5.41, 5.74) is 1.70. The third-order valence-corrected chi connectivity index (χ3v) is 3.80. The Labute approximate surface area is 116 Å². The fraction of sp³-hybridized carbons (Fsp3) is 0.467. The van der Waals surface area contributed by atoms with E-state index >= 15 is 0 Å². The van der Waals surface area contributed by atoms with Crippen molar-refractivity contribution in [3.05, 3.63) is 34.3 Å². The quantitative estimate of drug-likeness (QED) is 0.877. The van der Waals surface area contributed by atoms with E-state index in [2.05, 4.69) is 12.2 Å². The van der Waals surface area contributed by atoms with Crippen molar-refractivity contribution in [2.45, 2.75) is 45.2 Å². The summed E-state index contributed by atoms with van der Waals surface area (Å²) in [7, 11) is 0. The van der Waals surface area contributed by atoms with Gasteiger partial charge in [0.15, 0.2) is 5.58 Å². The minimum absolute atomic E-state index is 0.308. The molecule has 1 saturated carbocycles. The van der Waals surface area contributed by atoms with Crippen molar-refractivity contribution in [2.75, 3.05) is 0 Å². The van der Waals surface area contributed by atoms with Crippen molar-refractivity contribution in [3.8, 4) is 0 Å². The van der Waals surface area contributed by atoms with Gasteiger partial charge in [0.05, 0.1) is 11.6 Å². The molecule has 2 nitrogen and oxygen atoms in total. The number of halogens is 2. The van der Waals surface area contributed by atoms with Crippen molar-refractivity contribution >= 4 is 22.6 Å². The molecule has 19 heavy (non-hydrogen) atoms. The number of hydrogen-bond donors (Lipinski definition) is 1. The highest BCUT2D eigenvalue weighted by molar-refractivity contribution is 6.34. The van der Waals surface area contributed by atoms with Crippen LogP contribution < -0.4 is 5.32 Å². The topological polar surface area (TPSA) is 25.2 Å². The number of aryl methyl sites for hydroxylation is 1. The van der Waals surface area contributed by atoms with Gasteiger partial charge in [-0.05, 0) is 31.4 Å². The van der Waals surface area contributed by atoms with E-state index in [1.165, 1.54) is 25.0 Å². The zero-order chi connectivity index (χ0) is 13.4. The van der Waals surface area contributed by atoms with Crippen LogP contribution in [0.4, 0.5) is 4.39 Å². The van der Waals surface area contributed by atoms with E-state index in [9.17, 15) is 4.39 Å². The molecule has 0 unspecified atom stereocenters. The molecule has 4 heteroatoms. The molecule has 3 rings (SSSR count). The first-order valence-corrected chi connectivity index (χ1v) is 7.19. The standard InChI is InChI=1S/C15H17ClFNO/c1-2-3-11-12-6-9(17)7-13(16)15(12)19-14(11)8-18-10-4-5-10/h6-7,10,18H,2-5,8H2,1H3. The molecule has 1 aromatic carbocycles. The molecular weight excluding hydrogens is 265 g/mol. The van der Waals surface area contributed by atoms with Gasteiger partial charge in [0, 0.05) is 17.0 Å². The fourth-order valence-corrected chi connectivity index (χ4v) is 2.66. The molecule has 0 spiro atoms. The summed E-state index contributed by atoms with van der Waals surface area (Å²) < 4.78 is 19.4. The van der Waals surface area contributed by atoms with E-state index < -0.39 is 0 Å². The summed E-state index contributed by atoms with van der Waals surface area (Å²) in [6.07, 6.45) is 4.35. The third-order valence-electron chi connectivity index (χ3n) is 3.52. The molecule has 0 saturated heterocycles. The van der Waals surface area contributed by atoms with Crippen molar-refractivity contribution < 1.29 is 8.81 Å². The van der Waals surface area contributed by atoms with Gasteiger partial charge in [-0.25, -0.2) is 4.39 Å². The minimum Gasteiger partial charge on any atom is -0.458 e. The van der Waals surface area contributed by atoms with E-state index in [0.717, 1.165) is 29.6 Å². The van der Waals surface area contributed by atoms with Crippen LogP contribution in [-0.4, -0.2) is 6.04 Å². The number of hydrogen-bond acceptors (Lipinski definition) is 2. The Hall–Kier alpha value is -1.06. The molecule has 102 valence electrons. The summed E-state index contributed by atoms with van der Waals surface area (Å²) >= 11 is 6.07. The Kier molecular flexibility index (Phi) is 3.50. The molecule has 1 fully saturated rings. The summed E-state index contributed by atoms with van der Waals surface area (Å²) in [5, 5.41) is 4.61. The highest BCUT2D eigenvalue weighted by atomic mass is 35.5. The van der Waals surface area contributed by atoms with Gasteiger partial charge in [-0.3, -0.25) is 0 Å². The Bertz CT molecular complexity index is 604. The minimum atomic E-state index is -0.308. The van der Waals surface area contributed by atoms with Crippen LogP contribution >= 0.6 is 11.6 Å². The summed E-state index contributed by atoms with van der Waals surface area (Å²) in [6.45, 7) is 2.81. The predicted molar refractivity (Wildman–Crippen MR) is 75.0 cm³/mol. The maximum absolute atomic E-state index is 13.5. The first kappa shape index (κ1) is 12.9. The van der Waals surface area contributed by atoms with E-state index in [1.807, 2.05) is 0 Å². The number of rotatable bonds is 5. The van der Waals surface area contributed by atoms with Gasteiger partial charge in [0.25, 0.3) is 0 Å². The van der Waals surface area contributed by atoms with Crippen molar-refractivity contribution in [2.24, 2.45) is 0 Å². The van der Waals surface area contributed by atoms with Crippen LogP contribution in [-0.2, 0) is 13.0 Å². The van der Waals surface area contributed by atoms with Crippen LogP contribution in [0, 0.1) is 5.82 Å². The van der Waals surface area contributed by atoms with Crippen LogP contribution in [0.25, 0.3) is 11.0 Å². The van der Waals surface area contributed by atoms with E-state index in [0.29, 0.717) is 23.2 Å². The van der Waals surface area contributed by atoms with Crippen LogP contribution in [0.1, 0.15) is 37.5 Å². The van der Waals surface area contributed by atoms with Crippen molar-refractivity contribution in [1.82, 2.24) is 5.32 Å². The average Bonchev–Trinajstić information content (AvgIpc) is 3.13. The second kappa shape index (κ2) is 5.14. The fourth-order valence-electron chi connectivity index (χ4n) is 2.41. The second-order valence-electron chi connectivity index (χ2n) is 5.17. The molecule has 1 aromatic heterocycles. The van der Waals surface area contributed by atoms with Crippen LogP contribution in [0.2, 0.25) is 5.02 Å². The van der Waals surface area contributed by atoms with Crippen LogP contribution in [0.5, 0.6) is 0 Å². The molecule has 0 aliphatic heterocycles. The van der Waals surface area contributed by atoms with Crippen LogP contribution in [0.3, 0.4) is 0 Å². The second-order valence-corrected chi connectivity index (χ2v) is 5.58. The lowest BCUT2D eigenvalue weighted by atomic mass is 10.1. The molecule has 1 aliphatic rings. The highest BCUT2D eigenvalue weighted by Gasteiger charge is 2.23. The van der Waals surface area contributed by atoms with Gasteiger partial charge in [-0.1, -0.05) is 24.9 Å². The smallest absolute Gasteiger partial charge is 0.153 e. The Morgan fingerprint density at radius 1 is 1.42 bits per heavy atom. The Morgan fingerprint density at radius 3 is 2.89 bits per heavy atom. The molecule has 1 aliphatic carbocycles. The van der Waals surface area contributed by atoms with Crippen molar-refractivity contribution in [3.63, 3.8) is 0 Å². The predicted octanol–water partition coefficient (Wildman–Crippen LogP) is 4.43. The SMILES string of the molecule is CCCc1c(CNC2CC2)oc2c(Cl)cc(F)cc12. The number of benzene rings is 1. The van der Waals surface area contributed by atoms with Gasteiger partial charge < -0.3 is 9.73 Å². The molecular formula is C15H17ClFNO. The van der Waals surface area contributed by atoms with E-state index in [1.54, 1.807) is 0 Å². The zero-order valence-electron chi connectivity index (χ0n) is 10.9. The van der Waals surface area contributed by atoms with Gasteiger partial charge in [0.1, 0.15) is 11.6 Å². The monoisotopic (exact) mass is 281 g/mol. The van der Waals surface area contributed by atoms with Crippen LogP contribution in [0.15, 0.2) is 16.5 Å². The van der Waals surface area contributed by atoms with Crippen molar-refractivity contribution in [1.29, 1.82) is 0 Å². The third kappa shape index (κ3) is 2.63. The Morgan fingerprint density at radius 2 is 2.21 bits per heavy atom. The summed E-state index contributed by atoms with van der Waals surface area (Å²) in [6, 6.07) is 3.45. The molecule has 0 radical (unpaired) electrons. The largest absolute Gasteiger partial charge is 0.458 e. The lowest BCUT2D eigenvalue weighted by molar-refractivity contribution is 0.505. The molecule has 0 bridgehead atoms. The zero-order valence-corrected chi connectivity index (χ0v) is 11.7. The van der Waals surface area contributed by atoms with Gasteiger partial charge in [-0.15, -0.1) is 0 Å². The maximum Gasteiger partial charge on any atom is 0.153 e. The maximum atomic E-state index is 13.5. The summed E-state index contributed by atoms with van der Waals surface area (Å²) in [4.78, 5) is 0. The number of nitrogens with one attached hydrogen (secondary N) is 1. The Balaban J connectivity index is 2.03. The van der Waals surface area contributed by atoms with Gasteiger partial charge in [-0.2, -0.15) is 0 Å². The van der Waals surface area contributed by atoms with E-state index in [-0.39, 0.29) is 5.82 Å². The van der Waals surface area contributed by atoms with E-state index in [4.69, 9.17) is 16.0 Å². The van der Waals surface area contributed by atoms with Gasteiger partial charge >= 0.3 is 0 Å². The number of fused-ring (bicyclic) bond motifs is 1. The normalized spacial score (nSPS) is 15.3. The molecule has 1 N–H and O–H groups in total. The molecule has 1 heterocycles. The first-order chi connectivity index (χ1) is 9.19. The molecule has 2 aromatic rings. The molecule has 0 amide bonds. The average molecular weight is 282 g/mol. The highest BCUT2D eigenvalue weighted by Crippen LogP contribution is 2.33. The summed E-state index contributed by atoms with van der Waals surface area (Å²) in [5.74, 6) is 0.591.